The minimum atomic E-state index is -0.996. The van der Waals surface area contributed by atoms with E-state index in [1.54, 1.807) is 25.3 Å². The first-order chi connectivity index (χ1) is 11.6. The van der Waals surface area contributed by atoms with Crippen molar-refractivity contribution < 1.29 is 19.4 Å². The molecular formula is C18H21NO4S. The van der Waals surface area contributed by atoms with Crippen molar-refractivity contribution in [3.05, 3.63) is 46.2 Å². The Hall–Kier alpha value is -2.05. The highest BCUT2D eigenvalue weighted by Crippen LogP contribution is 2.46. The maximum absolute atomic E-state index is 12.5. The van der Waals surface area contributed by atoms with E-state index >= 15 is 0 Å². The molecule has 128 valence electrons. The van der Waals surface area contributed by atoms with Gasteiger partial charge in [0, 0.05) is 10.9 Å². The summed E-state index contributed by atoms with van der Waals surface area (Å²) in [5, 5.41) is 15.9. The van der Waals surface area contributed by atoms with Crippen molar-refractivity contribution in [1.82, 2.24) is 5.32 Å². The van der Waals surface area contributed by atoms with Crippen LogP contribution in [0.5, 0.6) is 11.5 Å². The lowest BCUT2D eigenvalue weighted by molar-refractivity contribution is 0.0169. The Balaban J connectivity index is 1.75. The van der Waals surface area contributed by atoms with Gasteiger partial charge in [0.25, 0.3) is 5.91 Å². The van der Waals surface area contributed by atoms with Gasteiger partial charge in [0.15, 0.2) is 0 Å². The highest BCUT2D eigenvalue weighted by Gasteiger charge is 2.46. The first kappa shape index (κ1) is 16.8. The maximum atomic E-state index is 12.5. The number of hydrogen-bond donors (Lipinski definition) is 2. The molecule has 1 aliphatic rings. The Morgan fingerprint density at radius 3 is 2.71 bits per heavy atom. The van der Waals surface area contributed by atoms with E-state index in [9.17, 15) is 9.90 Å². The molecule has 0 bridgehead atoms. The maximum Gasteiger partial charge on any atom is 0.255 e. The SMILES string of the molecule is COc1ccc(C(=O)NCC(O)(c2cccs2)C2CC2)c(OC)c1. The van der Waals surface area contributed by atoms with Crippen LogP contribution in [0.15, 0.2) is 35.7 Å². The Kier molecular flexibility index (Phi) is 4.78. The van der Waals surface area contributed by atoms with Gasteiger partial charge < -0.3 is 19.9 Å². The molecule has 5 nitrogen and oxygen atoms in total. The summed E-state index contributed by atoms with van der Waals surface area (Å²) >= 11 is 1.52. The molecule has 1 saturated carbocycles. The van der Waals surface area contributed by atoms with Crippen LogP contribution in [-0.4, -0.2) is 31.8 Å². The zero-order valence-corrected chi connectivity index (χ0v) is 14.6. The normalized spacial score (nSPS) is 16.3. The lowest BCUT2D eigenvalue weighted by Gasteiger charge is -2.27. The summed E-state index contributed by atoms with van der Waals surface area (Å²) in [5.74, 6) is 0.994. The molecule has 0 saturated heterocycles. The molecule has 2 N–H and O–H groups in total. The molecule has 2 aromatic rings. The van der Waals surface area contributed by atoms with Gasteiger partial charge in [0.2, 0.25) is 0 Å². The molecule has 6 heteroatoms. The molecule has 1 heterocycles. The second-order valence-electron chi connectivity index (χ2n) is 5.92. The summed E-state index contributed by atoms with van der Waals surface area (Å²) < 4.78 is 10.4. The number of hydrogen-bond acceptors (Lipinski definition) is 5. The summed E-state index contributed by atoms with van der Waals surface area (Å²) in [6, 6.07) is 8.88. The fourth-order valence-electron chi connectivity index (χ4n) is 2.81. The van der Waals surface area contributed by atoms with Crippen LogP contribution in [0.25, 0.3) is 0 Å². The summed E-state index contributed by atoms with van der Waals surface area (Å²) in [6.07, 6.45) is 1.96. The lowest BCUT2D eigenvalue weighted by atomic mass is 9.95. The fourth-order valence-corrected chi connectivity index (χ4v) is 3.72. The van der Waals surface area contributed by atoms with Crippen LogP contribution >= 0.6 is 11.3 Å². The van der Waals surface area contributed by atoms with E-state index in [2.05, 4.69) is 5.32 Å². The highest BCUT2D eigenvalue weighted by molar-refractivity contribution is 7.10. The third kappa shape index (κ3) is 3.25. The topological polar surface area (TPSA) is 67.8 Å². The summed E-state index contributed by atoms with van der Waals surface area (Å²) in [7, 11) is 3.07. The number of carbonyl (C=O) groups is 1. The van der Waals surface area contributed by atoms with Crippen LogP contribution in [0.2, 0.25) is 0 Å². The zero-order valence-electron chi connectivity index (χ0n) is 13.7. The highest BCUT2D eigenvalue weighted by atomic mass is 32.1. The van der Waals surface area contributed by atoms with Crippen LogP contribution < -0.4 is 14.8 Å². The number of ether oxygens (including phenoxy) is 2. The van der Waals surface area contributed by atoms with Crippen LogP contribution in [-0.2, 0) is 5.60 Å². The van der Waals surface area contributed by atoms with Crippen LogP contribution in [0.3, 0.4) is 0 Å². The number of thiophene rings is 1. The molecule has 1 amide bonds. The number of methoxy groups -OCH3 is 2. The molecule has 0 aliphatic heterocycles. The molecule has 1 aromatic carbocycles. The predicted octanol–water partition coefficient (Wildman–Crippen LogP) is 2.79. The molecule has 1 unspecified atom stereocenters. The monoisotopic (exact) mass is 347 g/mol. The third-order valence-electron chi connectivity index (χ3n) is 4.37. The smallest absolute Gasteiger partial charge is 0.255 e. The minimum Gasteiger partial charge on any atom is -0.497 e. The van der Waals surface area contributed by atoms with E-state index in [0.29, 0.717) is 17.1 Å². The second-order valence-corrected chi connectivity index (χ2v) is 6.87. The van der Waals surface area contributed by atoms with E-state index < -0.39 is 5.60 Å². The van der Waals surface area contributed by atoms with Gasteiger partial charge in [-0.25, -0.2) is 0 Å². The predicted molar refractivity (Wildman–Crippen MR) is 92.8 cm³/mol. The number of nitrogens with one attached hydrogen (secondary N) is 1. The zero-order chi connectivity index (χ0) is 17.2. The van der Waals surface area contributed by atoms with Crippen molar-refractivity contribution in [2.45, 2.75) is 18.4 Å². The summed E-state index contributed by atoms with van der Waals surface area (Å²) in [5.41, 5.74) is -0.577. The quantitative estimate of drug-likeness (QED) is 0.808. The first-order valence-corrected chi connectivity index (χ1v) is 8.73. The molecular weight excluding hydrogens is 326 g/mol. The number of carbonyl (C=O) groups excluding carboxylic acids is 1. The van der Waals surface area contributed by atoms with Gasteiger partial charge in [-0.3, -0.25) is 4.79 Å². The number of amides is 1. The molecule has 1 aromatic heterocycles. The standard InChI is InChI=1S/C18H21NO4S/c1-22-13-7-8-14(15(10-13)23-2)17(20)19-11-18(21,12-5-6-12)16-4-3-9-24-16/h3-4,7-10,12,21H,5-6,11H2,1-2H3,(H,19,20). The Morgan fingerprint density at radius 2 is 2.12 bits per heavy atom. The number of rotatable bonds is 7. The van der Waals surface area contributed by atoms with Crippen molar-refractivity contribution in [3.63, 3.8) is 0 Å². The fraction of sp³-hybridized carbons (Fsp3) is 0.389. The van der Waals surface area contributed by atoms with Crippen molar-refractivity contribution in [2.24, 2.45) is 5.92 Å². The molecule has 0 radical (unpaired) electrons. The van der Waals surface area contributed by atoms with Gasteiger partial charge in [-0.15, -0.1) is 11.3 Å². The first-order valence-electron chi connectivity index (χ1n) is 7.85. The molecule has 3 rings (SSSR count). The van der Waals surface area contributed by atoms with Gasteiger partial charge in [0.05, 0.1) is 26.3 Å². The van der Waals surface area contributed by atoms with E-state index in [1.807, 2.05) is 17.5 Å². The average molecular weight is 347 g/mol. The molecule has 24 heavy (non-hydrogen) atoms. The van der Waals surface area contributed by atoms with Crippen molar-refractivity contribution in [1.29, 1.82) is 0 Å². The van der Waals surface area contributed by atoms with Crippen LogP contribution in [0.4, 0.5) is 0 Å². The summed E-state index contributed by atoms with van der Waals surface area (Å²) in [4.78, 5) is 13.4. The number of benzene rings is 1. The van der Waals surface area contributed by atoms with E-state index in [0.717, 1.165) is 17.7 Å². The van der Waals surface area contributed by atoms with Gasteiger partial charge in [-0.05, 0) is 42.3 Å². The largest absolute Gasteiger partial charge is 0.497 e. The lowest BCUT2D eigenvalue weighted by Crippen LogP contribution is -2.42. The van der Waals surface area contributed by atoms with Crippen molar-refractivity contribution >= 4 is 17.2 Å². The van der Waals surface area contributed by atoms with Gasteiger partial charge in [-0.2, -0.15) is 0 Å². The molecule has 1 fully saturated rings. The third-order valence-corrected chi connectivity index (χ3v) is 5.41. The molecule has 1 atom stereocenters. The Bertz CT molecular complexity index is 712. The number of aliphatic hydroxyl groups is 1. The van der Waals surface area contributed by atoms with Gasteiger partial charge >= 0.3 is 0 Å². The second kappa shape index (κ2) is 6.83. The van der Waals surface area contributed by atoms with Gasteiger partial charge in [-0.1, -0.05) is 6.07 Å². The minimum absolute atomic E-state index is 0.187. The van der Waals surface area contributed by atoms with E-state index in [1.165, 1.54) is 18.4 Å². The van der Waals surface area contributed by atoms with E-state index in [-0.39, 0.29) is 18.4 Å². The summed E-state index contributed by atoms with van der Waals surface area (Å²) in [6.45, 7) is 0.187. The van der Waals surface area contributed by atoms with Crippen molar-refractivity contribution in [3.8, 4) is 11.5 Å². The van der Waals surface area contributed by atoms with Crippen molar-refractivity contribution in [2.75, 3.05) is 20.8 Å². The van der Waals surface area contributed by atoms with Gasteiger partial charge in [0.1, 0.15) is 17.1 Å². The Labute approximate surface area is 145 Å². The van der Waals surface area contributed by atoms with Crippen LogP contribution in [0.1, 0.15) is 28.1 Å². The average Bonchev–Trinajstić information content (AvgIpc) is 3.33. The molecule has 1 aliphatic carbocycles. The van der Waals surface area contributed by atoms with E-state index in [4.69, 9.17) is 9.47 Å². The molecule has 0 spiro atoms. The van der Waals surface area contributed by atoms with Crippen LogP contribution in [0, 0.1) is 5.92 Å². The Morgan fingerprint density at radius 1 is 1.33 bits per heavy atom.